The number of nitrogens with zero attached hydrogens (tertiary/aromatic N) is 1. The van der Waals surface area contributed by atoms with Crippen LogP contribution in [0.3, 0.4) is 0 Å². The monoisotopic (exact) mass is 127 g/mol. The van der Waals surface area contributed by atoms with Crippen molar-refractivity contribution in [2.75, 3.05) is 6.54 Å². The average molecular weight is 127 g/mol. The van der Waals surface area contributed by atoms with Crippen molar-refractivity contribution in [1.29, 1.82) is 0 Å². The molecule has 0 bridgehead atoms. The van der Waals surface area contributed by atoms with E-state index in [4.69, 9.17) is 0 Å². The van der Waals surface area contributed by atoms with Gasteiger partial charge in [-0.1, -0.05) is 0 Å². The van der Waals surface area contributed by atoms with Crippen LogP contribution in [0.5, 0.6) is 0 Å². The molecule has 0 saturated heterocycles. The van der Waals surface area contributed by atoms with Gasteiger partial charge in [0.2, 0.25) is 6.41 Å². The van der Waals surface area contributed by atoms with E-state index in [1.54, 1.807) is 0 Å². The van der Waals surface area contributed by atoms with Crippen LogP contribution in [0.1, 0.15) is 6.42 Å². The lowest BCUT2D eigenvalue weighted by Gasteiger charge is -1.86. The minimum absolute atomic E-state index is 0.449. The molecule has 0 aliphatic carbocycles. The van der Waals surface area contributed by atoms with E-state index in [1.165, 1.54) is 12.6 Å². The van der Waals surface area contributed by atoms with Crippen LogP contribution in [0.2, 0.25) is 0 Å². The van der Waals surface area contributed by atoms with Crippen molar-refractivity contribution in [3.05, 3.63) is 0 Å². The smallest absolute Gasteiger partial charge is 0.309 e. The van der Waals surface area contributed by atoms with Gasteiger partial charge in [-0.3, -0.25) is 9.59 Å². The lowest BCUT2D eigenvalue weighted by molar-refractivity contribution is -0.106. The first-order valence-corrected chi connectivity index (χ1v) is 2.47. The molecule has 0 spiro atoms. The number of hydrogen-bond acceptors (Lipinski definition) is 2. The van der Waals surface area contributed by atoms with Crippen molar-refractivity contribution in [2.45, 2.75) is 6.42 Å². The number of nitrogens with one attached hydrogen (secondary N) is 1. The van der Waals surface area contributed by atoms with E-state index in [9.17, 15) is 9.59 Å². The van der Waals surface area contributed by atoms with Gasteiger partial charge >= 0.3 is 6.41 Å². The first-order chi connectivity index (χ1) is 4.41. The largest absolute Gasteiger partial charge is 0.347 e. The number of rotatable bonds is 5. The Kier molecular flexibility index (Phi) is 5.91. The molecule has 0 aliphatic heterocycles. The molecule has 0 heterocycles. The predicted molar refractivity (Wildman–Crippen MR) is 32.9 cm³/mol. The second kappa shape index (κ2) is 6.81. The molecule has 0 rings (SSSR count). The minimum atomic E-state index is 0.449. The van der Waals surface area contributed by atoms with Gasteiger partial charge in [-0.25, -0.2) is 4.99 Å². The molecule has 1 N–H and O–H groups in total. The van der Waals surface area contributed by atoms with E-state index < -0.39 is 0 Å². The molecule has 0 saturated carbocycles. The Morgan fingerprint density at radius 2 is 2.44 bits per heavy atom. The summed E-state index contributed by atoms with van der Waals surface area (Å²) in [5, 5.41) is 2.29. The van der Waals surface area contributed by atoms with Crippen molar-refractivity contribution in [2.24, 2.45) is 4.99 Å². The van der Waals surface area contributed by atoms with Crippen molar-refractivity contribution in [1.82, 2.24) is 5.32 Å². The maximum atomic E-state index is 9.54. The van der Waals surface area contributed by atoms with Crippen molar-refractivity contribution >= 4 is 19.0 Å². The van der Waals surface area contributed by atoms with Crippen LogP contribution in [0.15, 0.2) is 4.99 Å². The summed E-state index contributed by atoms with van der Waals surface area (Å²) in [4.78, 5) is 22.3. The maximum absolute atomic E-state index is 9.54. The zero-order valence-electron chi connectivity index (χ0n) is 4.83. The molecular formula is C5H7N2O2. The number of aliphatic imine (C=N–C) groups is 1. The summed E-state index contributed by atoms with van der Waals surface area (Å²) >= 11 is 0. The highest BCUT2D eigenvalue weighted by atomic mass is 16.1. The maximum Gasteiger partial charge on any atom is 0.309 e. The first-order valence-electron chi connectivity index (χ1n) is 2.47. The number of hydrogen-bond donors (Lipinski definition) is 1. The predicted octanol–water partition coefficient (Wildman–Crippen LogP) is -0.740. The van der Waals surface area contributed by atoms with E-state index in [0.29, 0.717) is 19.4 Å². The Morgan fingerprint density at radius 3 is 3.00 bits per heavy atom. The van der Waals surface area contributed by atoms with Crippen LogP contribution in [-0.2, 0) is 9.59 Å². The Hall–Kier alpha value is -1.19. The highest BCUT2D eigenvalue weighted by molar-refractivity contribution is 5.69. The molecular weight excluding hydrogens is 120 g/mol. The Bertz CT molecular complexity index is 112. The molecule has 0 aliphatic rings. The van der Waals surface area contributed by atoms with E-state index >= 15 is 0 Å². The van der Waals surface area contributed by atoms with Gasteiger partial charge in [0.1, 0.15) is 0 Å². The van der Waals surface area contributed by atoms with Gasteiger partial charge in [-0.2, -0.15) is 0 Å². The molecule has 0 aromatic heterocycles. The Labute approximate surface area is 53.0 Å². The lowest BCUT2D eigenvalue weighted by Crippen LogP contribution is -2.11. The van der Waals surface area contributed by atoms with Crippen LogP contribution < -0.4 is 5.32 Å². The zero-order valence-corrected chi connectivity index (χ0v) is 4.83. The van der Waals surface area contributed by atoms with Gasteiger partial charge in [0.25, 0.3) is 0 Å². The third-order valence-electron chi connectivity index (χ3n) is 0.637. The van der Waals surface area contributed by atoms with E-state index in [2.05, 4.69) is 10.3 Å². The molecule has 0 atom stereocenters. The molecule has 49 valence electrons. The topological polar surface area (TPSA) is 58.5 Å². The molecule has 0 unspecified atom stereocenters. The van der Waals surface area contributed by atoms with Gasteiger partial charge in [0, 0.05) is 19.2 Å². The number of carbonyl (C=O) groups is 1. The van der Waals surface area contributed by atoms with Gasteiger partial charge < -0.3 is 5.32 Å². The minimum Gasteiger partial charge on any atom is -0.347 e. The standard InChI is InChI=1S/C5H7N2O2/c8-4-6-2-1-3-7-5-9/h2,4H,1,3H2,(H,7,9). The van der Waals surface area contributed by atoms with Crippen LogP contribution in [0.4, 0.5) is 0 Å². The van der Waals surface area contributed by atoms with Gasteiger partial charge in [0.05, 0.1) is 0 Å². The average Bonchev–Trinajstić information content (AvgIpc) is 1.89. The molecule has 9 heavy (non-hydrogen) atoms. The van der Waals surface area contributed by atoms with Crippen molar-refractivity contribution < 1.29 is 9.59 Å². The van der Waals surface area contributed by atoms with Gasteiger partial charge in [-0.15, -0.1) is 0 Å². The summed E-state index contributed by atoms with van der Waals surface area (Å²) in [7, 11) is 0. The highest BCUT2D eigenvalue weighted by Gasteiger charge is 1.77. The fraction of sp³-hybridized carbons (Fsp3) is 0.400. The SMILES string of the molecule is O=[C]NCCC=NC=O. The summed E-state index contributed by atoms with van der Waals surface area (Å²) < 4.78 is 0. The second-order valence-electron chi connectivity index (χ2n) is 1.25. The summed E-state index contributed by atoms with van der Waals surface area (Å²) in [6.45, 7) is 0.473. The lowest BCUT2D eigenvalue weighted by atomic mass is 10.5. The van der Waals surface area contributed by atoms with Gasteiger partial charge in [-0.05, 0) is 0 Å². The molecule has 2 amide bonds. The quantitative estimate of drug-likeness (QED) is 0.229. The van der Waals surface area contributed by atoms with E-state index in [1.807, 2.05) is 0 Å². The molecule has 0 aromatic carbocycles. The normalized spacial score (nSPS) is 9.33. The van der Waals surface area contributed by atoms with Gasteiger partial charge in [0.15, 0.2) is 0 Å². The van der Waals surface area contributed by atoms with Crippen molar-refractivity contribution in [3.8, 4) is 0 Å². The number of amides is 2. The Balaban J connectivity index is 2.98. The zero-order chi connectivity index (χ0) is 6.95. The third kappa shape index (κ3) is 6.81. The van der Waals surface area contributed by atoms with E-state index in [0.717, 1.165) is 0 Å². The van der Waals surface area contributed by atoms with Crippen molar-refractivity contribution in [3.63, 3.8) is 0 Å². The molecule has 4 nitrogen and oxygen atoms in total. The van der Waals surface area contributed by atoms with Crippen LogP contribution in [-0.4, -0.2) is 25.6 Å². The van der Waals surface area contributed by atoms with Crippen LogP contribution in [0.25, 0.3) is 0 Å². The Morgan fingerprint density at radius 1 is 1.67 bits per heavy atom. The summed E-state index contributed by atoms with van der Waals surface area (Å²) in [6.07, 6.45) is 3.94. The van der Waals surface area contributed by atoms with Crippen LogP contribution in [0, 0.1) is 0 Å². The fourth-order valence-corrected chi connectivity index (χ4v) is 0.305. The summed E-state index contributed by atoms with van der Waals surface area (Å²) in [5.74, 6) is 0. The summed E-state index contributed by atoms with van der Waals surface area (Å²) in [6, 6.07) is 0. The molecule has 4 heteroatoms. The second-order valence-corrected chi connectivity index (χ2v) is 1.25. The third-order valence-corrected chi connectivity index (χ3v) is 0.637. The highest BCUT2D eigenvalue weighted by Crippen LogP contribution is 1.66. The fourth-order valence-electron chi connectivity index (χ4n) is 0.305. The summed E-state index contributed by atoms with van der Waals surface area (Å²) in [5.41, 5.74) is 0. The number of carbonyl (C=O) groups excluding carboxylic acids is 2. The molecule has 0 fully saturated rings. The first kappa shape index (κ1) is 7.81. The molecule has 1 radical (unpaired) electrons. The van der Waals surface area contributed by atoms with E-state index in [-0.39, 0.29) is 0 Å². The van der Waals surface area contributed by atoms with Crippen LogP contribution >= 0.6 is 0 Å². The molecule has 0 aromatic rings.